The molecule has 0 saturated carbocycles. The van der Waals surface area contributed by atoms with E-state index in [-0.39, 0.29) is 23.8 Å². The summed E-state index contributed by atoms with van der Waals surface area (Å²) >= 11 is 0. The fraction of sp³-hybridized carbons (Fsp3) is 0.261. The molecule has 1 amide bonds. The van der Waals surface area contributed by atoms with E-state index in [0.29, 0.717) is 24.7 Å². The van der Waals surface area contributed by atoms with Gasteiger partial charge in [0.05, 0.1) is 18.1 Å². The number of nitrogens with one attached hydrogen (secondary N) is 1. The van der Waals surface area contributed by atoms with Crippen molar-refractivity contribution in [2.24, 2.45) is 0 Å². The maximum Gasteiger partial charge on any atom is 0.417 e. The van der Waals surface area contributed by atoms with Gasteiger partial charge in [0, 0.05) is 49.7 Å². The third-order valence-electron chi connectivity index (χ3n) is 5.23. The van der Waals surface area contributed by atoms with Crippen LogP contribution < -0.4 is 19.9 Å². The van der Waals surface area contributed by atoms with Gasteiger partial charge in [-0.05, 0) is 37.3 Å². The Kier molecular flexibility index (Phi) is 8.39. The highest BCUT2D eigenvalue weighted by atomic mass is 35.5. The van der Waals surface area contributed by atoms with Crippen LogP contribution >= 0.6 is 12.4 Å². The predicted octanol–water partition coefficient (Wildman–Crippen LogP) is 4.33. The molecule has 1 fully saturated rings. The normalized spacial score (nSPS) is 12.9. The van der Waals surface area contributed by atoms with Gasteiger partial charge in [-0.3, -0.25) is 15.4 Å². The summed E-state index contributed by atoms with van der Waals surface area (Å²) in [5, 5.41) is 13.4. The third-order valence-corrected chi connectivity index (χ3v) is 5.23. The van der Waals surface area contributed by atoms with Crippen molar-refractivity contribution in [3.63, 3.8) is 0 Å². The molecule has 1 aliphatic heterocycles. The van der Waals surface area contributed by atoms with Gasteiger partial charge in [0.1, 0.15) is 23.2 Å². The van der Waals surface area contributed by atoms with Crippen molar-refractivity contribution in [1.29, 1.82) is 0 Å². The smallest absolute Gasteiger partial charge is 0.410 e. The number of hydrogen-bond acceptors (Lipinski definition) is 9. The Morgan fingerprint density at radius 2 is 1.86 bits per heavy atom. The number of halogens is 1. The number of nitrogens with zero attached hydrogens (tertiary/aromatic N) is 5. The summed E-state index contributed by atoms with van der Waals surface area (Å²) in [5.41, 5.74) is 1.25. The first kappa shape index (κ1) is 25.7. The van der Waals surface area contributed by atoms with E-state index in [4.69, 9.17) is 9.47 Å². The summed E-state index contributed by atoms with van der Waals surface area (Å²) < 4.78 is 10.6. The van der Waals surface area contributed by atoms with Crippen molar-refractivity contribution < 1.29 is 19.2 Å². The minimum Gasteiger partial charge on any atom is -0.410 e. The van der Waals surface area contributed by atoms with Crippen LogP contribution in [0.15, 0.2) is 54.6 Å². The molecular weight excluding hydrogens is 476 g/mol. The summed E-state index contributed by atoms with van der Waals surface area (Å²) in [6.45, 7) is 4.73. The average molecular weight is 501 g/mol. The van der Waals surface area contributed by atoms with E-state index in [1.54, 1.807) is 12.1 Å². The van der Waals surface area contributed by atoms with E-state index in [1.165, 1.54) is 24.3 Å². The van der Waals surface area contributed by atoms with Crippen molar-refractivity contribution in [3.8, 4) is 5.75 Å². The van der Waals surface area contributed by atoms with Gasteiger partial charge in [0.2, 0.25) is 0 Å². The van der Waals surface area contributed by atoms with Gasteiger partial charge in [0.25, 0.3) is 5.69 Å². The summed E-state index contributed by atoms with van der Waals surface area (Å²) in [4.78, 5) is 35.7. The van der Waals surface area contributed by atoms with Crippen molar-refractivity contribution in [1.82, 2.24) is 9.97 Å². The van der Waals surface area contributed by atoms with Gasteiger partial charge in [-0.2, -0.15) is 0 Å². The second-order valence-electron chi connectivity index (χ2n) is 7.61. The van der Waals surface area contributed by atoms with Crippen LogP contribution in [0.3, 0.4) is 0 Å². The molecule has 3 aromatic rings. The van der Waals surface area contributed by atoms with Crippen molar-refractivity contribution in [2.45, 2.75) is 6.92 Å². The van der Waals surface area contributed by atoms with Gasteiger partial charge in [-0.25, -0.2) is 14.8 Å². The highest BCUT2D eigenvalue weighted by Crippen LogP contribution is 2.27. The number of carbonyl (C=O) groups is 1. The van der Waals surface area contributed by atoms with E-state index in [2.05, 4.69) is 20.2 Å². The number of amides is 1. The van der Waals surface area contributed by atoms with Gasteiger partial charge >= 0.3 is 6.09 Å². The fourth-order valence-electron chi connectivity index (χ4n) is 3.47. The Balaban J connectivity index is 0.00000342. The van der Waals surface area contributed by atoms with Crippen molar-refractivity contribution >= 4 is 47.2 Å². The molecule has 1 aromatic heterocycles. The number of nitro groups is 1. The summed E-state index contributed by atoms with van der Waals surface area (Å²) in [5.74, 6) is 2.42. The van der Waals surface area contributed by atoms with Crippen LogP contribution in [-0.4, -0.2) is 54.3 Å². The van der Waals surface area contributed by atoms with Crippen molar-refractivity contribution in [3.05, 3.63) is 70.5 Å². The molecule has 35 heavy (non-hydrogen) atoms. The number of non-ortho nitro benzene ring substituents is 1. The van der Waals surface area contributed by atoms with E-state index < -0.39 is 11.0 Å². The third kappa shape index (κ3) is 6.55. The second kappa shape index (κ2) is 11.4. The molecule has 0 bridgehead atoms. The van der Waals surface area contributed by atoms with Gasteiger partial charge in [-0.1, -0.05) is 6.07 Å². The molecule has 2 aromatic carbocycles. The lowest BCUT2D eigenvalue weighted by Gasteiger charge is -2.29. The van der Waals surface area contributed by atoms with Crippen LogP contribution in [0.4, 0.5) is 33.5 Å². The van der Waals surface area contributed by atoms with Crippen LogP contribution in [0, 0.1) is 17.0 Å². The number of benzene rings is 2. The molecule has 184 valence electrons. The van der Waals surface area contributed by atoms with E-state index in [9.17, 15) is 14.9 Å². The van der Waals surface area contributed by atoms with E-state index in [1.807, 2.05) is 37.1 Å². The summed E-state index contributed by atoms with van der Waals surface area (Å²) in [6.07, 6.45) is -0.707. The standard InChI is InChI=1S/C23H24N6O5.ClH/c1-16-24-21(15-22(25-16)28-10-12-33-13-11-28)27(2)19-5-3-4-17(14-19)26-23(30)34-20-8-6-18(7-9-20)29(31)32;/h3-9,14-15H,10-13H2,1-2H3,(H,26,30);1H. The van der Waals surface area contributed by atoms with Gasteiger partial charge < -0.3 is 19.3 Å². The number of rotatable bonds is 6. The molecular formula is C23H25ClN6O5. The molecule has 4 rings (SSSR count). The quantitative estimate of drug-likeness (QED) is 0.389. The number of carbonyl (C=O) groups excluding carboxylic acids is 1. The molecule has 0 aliphatic carbocycles. The van der Waals surface area contributed by atoms with Gasteiger partial charge in [0.15, 0.2) is 0 Å². The average Bonchev–Trinajstić information content (AvgIpc) is 2.84. The van der Waals surface area contributed by atoms with Crippen LogP contribution in [-0.2, 0) is 4.74 Å². The lowest BCUT2D eigenvalue weighted by molar-refractivity contribution is -0.384. The Morgan fingerprint density at radius 1 is 1.14 bits per heavy atom. The minimum absolute atomic E-state index is 0. The highest BCUT2D eigenvalue weighted by molar-refractivity contribution is 5.87. The predicted molar refractivity (Wildman–Crippen MR) is 134 cm³/mol. The zero-order chi connectivity index (χ0) is 24.1. The first-order valence-electron chi connectivity index (χ1n) is 10.6. The first-order chi connectivity index (χ1) is 16.4. The molecule has 1 aliphatic rings. The Bertz CT molecular complexity index is 1190. The Morgan fingerprint density at radius 3 is 2.54 bits per heavy atom. The fourth-order valence-corrected chi connectivity index (χ4v) is 3.47. The molecule has 1 saturated heterocycles. The molecule has 0 atom stereocenters. The molecule has 2 heterocycles. The van der Waals surface area contributed by atoms with Gasteiger partial charge in [-0.15, -0.1) is 12.4 Å². The second-order valence-corrected chi connectivity index (χ2v) is 7.61. The first-order valence-corrected chi connectivity index (χ1v) is 10.6. The molecule has 11 nitrogen and oxygen atoms in total. The van der Waals surface area contributed by atoms with Crippen LogP contribution in [0.2, 0.25) is 0 Å². The van der Waals surface area contributed by atoms with Crippen molar-refractivity contribution in [2.75, 3.05) is 48.5 Å². The highest BCUT2D eigenvalue weighted by Gasteiger charge is 2.16. The largest absolute Gasteiger partial charge is 0.417 e. The maximum atomic E-state index is 12.3. The molecule has 0 radical (unpaired) electrons. The maximum absolute atomic E-state index is 12.3. The zero-order valence-electron chi connectivity index (χ0n) is 19.2. The number of aromatic nitrogens is 2. The lowest BCUT2D eigenvalue weighted by atomic mass is 10.2. The van der Waals surface area contributed by atoms with Crippen LogP contribution in [0.1, 0.15) is 5.82 Å². The topological polar surface area (TPSA) is 123 Å². The van der Waals surface area contributed by atoms with E-state index in [0.717, 1.165) is 30.4 Å². The Hall–Kier alpha value is -3.96. The SMILES string of the molecule is Cc1nc(N2CCOCC2)cc(N(C)c2cccc(NC(=O)Oc3ccc([N+](=O)[O-])cc3)c2)n1.Cl. The number of hydrogen-bond donors (Lipinski definition) is 1. The summed E-state index contributed by atoms with van der Waals surface area (Å²) in [6, 6.07) is 14.4. The zero-order valence-corrected chi connectivity index (χ0v) is 20.0. The number of ether oxygens (including phenoxy) is 2. The molecule has 12 heteroatoms. The number of nitro benzene ring substituents is 1. The Labute approximate surface area is 208 Å². The lowest BCUT2D eigenvalue weighted by Crippen LogP contribution is -2.37. The molecule has 1 N–H and O–H groups in total. The number of anilines is 4. The number of aryl methyl sites for hydroxylation is 1. The molecule has 0 spiro atoms. The minimum atomic E-state index is -0.707. The van der Waals surface area contributed by atoms with Crippen LogP contribution in [0.5, 0.6) is 5.75 Å². The number of morpholine rings is 1. The monoisotopic (exact) mass is 500 g/mol. The molecule has 0 unspecified atom stereocenters. The van der Waals surface area contributed by atoms with E-state index >= 15 is 0 Å². The summed E-state index contributed by atoms with van der Waals surface area (Å²) in [7, 11) is 1.89. The van der Waals surface area contributed by atoms with Crippen LogP contribution in [0.25, 0.3) is 0 Å².